The molecule has 0 saturated heterocycles. The van der Waals surface area contributed by atoms with Crippen molar-refractivity contribution in [1.82, 2.24) is 20.2 Å². The Bertz CT molecular complexity index is 521. The highest BCUT2D eigenvalue weighted by Crippen LogP contribution is 2.18. The Morgan fingerprint density at radius 1 is 1.47 bits per heavy atom. The van der Waals surface area contributed by atoms with Crippen LogP contribution >= 0.6 is 0 Å². The molecular weight excluding hydrogens is 218 g/mol. The fraction of sp³-hybridized carbons (Fsp3) is 0.273. The minimum atomic E-state index is -0.0171. The third-order valence-electron chi connectivity index (χ3n) is 2.41. The van der Waals surface area contributed by atoms with E-state index in [4.69, 9.17) is 0 Å². The summed E-state index contributed by atoms with van der Waals surface area (Å²) >= 11 is 0. The summed E-state index contributed by atoms with van der Waals surface area (Å²) < 4.78 is 1.57. The number of carbonyl (C=O) groups excluding carboxylic acids is 1. The van der Waals surface area contributed by atoms with Crippen molar-refractivity contribution >= 4 is 11.6 Å². The van der Waals surface area contributed by atoms with Crippen LogP contribution in [0.2, 0.25) is 0 Å². The van der Waals surface area contributed by atoms with Crippen molar-refractivity contribution in [3.63, 3.8) is 0 Å². The van der Waals surface area contributed by atoms with E-state index in [1.54, 1.807) is 4.68 Å². The number of amides is 1. The molecule has 0 saturated carbocycles. The first-order chi connectivity index (χ1) is 8.20. The molecule has 6 nitrogen and oxygen atoms in total. The van der Waals surface area contributed by atoms with Gasteiger partial charge >= 0.3 is 0 Å². The van der Waals surface area contributed by atoms with E-state index >= 15 is 0 Å². The summed E-state index contributed by atoms with van der Waals surface area (Å²) in [5.41, 5.74) is 2.63. The number of nitrogens with zero attached hydrogens (tertiary/aromatic N) is 4. The lowest BCUT2D eigenvalue weighted by Gasteiger charge is -2.08. The molecule has 0 bridgehead atoms. The van der Waals surface area contributed by atoms with Crippen LogP contribution in [0, 0.1) is 6.92 Å². The summed E-state index contributed by atoms with van der Waals surface area (Å²) in [4.78, 5) is 11.3. The number of aryl methyl sites for hydroxylation is 1. The summed E-state index contributed by atoms with van der Waals surface area (Å²) in [5, 5.41) is 13.8. The minimum absolute atomic E-state index is 0.0171. The zero-order chi connectivity index (χ0) is 12.3. The highest BCUT2D eigenvalue weighted by Gasteiger charge is 2.05. The molecule has 1 aromatic carbocycles. The zero-order valence-corrected chi connectivity index (χ0v) is 9.71. The van der Waals surface area contributed by atoms with Gasteiger partial charge in [-0.1, -0.05) is 13.0 Å². The monoisotopic (exact) mass is 231 g/mol. The van der Waals surface area contributed by atoms with Gasteiger partial charge in [0.25, 0.3) is 0 Å². The number of nitrogens with one attached hydrogen (secondary N) is 1. The third kappa shape index (κ3) is 2.47. The van der Waals surface area contributed by atoms with Crippen molar-refractivity contribution in [2.45, 2.75) is 20.3 Å². The fourth-order valence-corrected chi connectivity index (χ4v) is 1.46. The summed E-state index contributed by atoms with van der Waals surface area (Å²) in [6.07, 6.45) is 1.97. The van der Waals surface area contributed by atoms with E-state index in [9.17, 15) is 4.79 Å². The van der Waals surface area contributed by atoms with Crippen LogP contribution < -0.4 is 5.32 Å². The second kappa shape index (κ2) is 4.73. The van der Waals surface area contributed by atoms with Crippen molar-refractivity contribution in [2.24, 2.45) is 0 Å². The normalized spacial score (nSPS) is 10.2. The average molecular weight is 231 g/mol. The second-order valence-corrected chi connectivity index (χ2v) is 3.66. The van der Waals surface area contributed by atoms with Gasteiger partial charge in [-0.15, -0.1) is 5.10 Å². The summed E-state index contributed by atoms with van der Waals surface area (Å²) in [6.45, 7) is 3.77. The van der Waals surface area contributed by atoms with Crippen molar-refractivity contribution in [1.29, 1.82) is 0 Å². The topological polar surface area (TPSA) is 72.7 Å². The van der Waals surface area contributed by atoms with E-state index in [1.807, 2.05) is 32.0 Å². The number of benzene rings is 1. The molecule has 0 aliphatic heterocycles. The first-order valence-electron chi connectivity index (χ1n) is 5.34. The highest BCUT2D eigenvalue weighted by molar-refractivity contribution is 5.90. The van der Waals surface area contributed by atoms with Gasteiger partial charge in [-0.05, 0) is 35.0 Å². The summed E-state index contributed by atoms with van der Waals surface area (Å²) in [5.74, 6) is -0.0171. The van der Waals surface area contributed by atoms with E-state index in [-0.39, 0.29) is 5.91 Å². The van der Waals surface area contributed by atoms with Gasteiger partial charge in [0.15, 0.2) is 0 Å². The minimum Gasteiger partial charge on any atom is -0.326 e. The van der Waals surface area contributed by atoms with Gasteiger partial charge in [-0.2, -0.15) is 0 Å². The first kappa shape index (κ1) is 11.3. The molecule has 6 heteroatoms. The summed E-state index contributed by atoms with van der Waals surface area (Å²) in [7, 11) is 0. The summed E-state index contributed by atoms with van der Waals surface area (Å²) in [6, 6.07) is 5.62. The zero-order valence-electron chi connectivity index (χ0n) is 9.71. The number of hydrogen-bond acceptors (Lipinski definition) is 4. The van der Waals surface area contributed by atoms with Gasteiger partial charge in [0.05, 0.1) is 5.69 Å². The highest BCUT2D eigenvalue weighted by atomic mass is 16.1. The molecule has 0 fully saturated rings. The Balaban J connectivity index is 2.33. The Hall–Kier alpha value is -2.24. The molecule has 1 aromatic heterocycles. The molecular formula is C11H13N5O. The Kier molecular flexibility index (Phi) is 3.13. The number of tetrazole rings is 1. The lowest BCUT2D eigenvalue weighted by Crippen LogP contribution is -2.10. The van der Waals surface area contributed by atoms with Gasteiger partial charge in [0.1, 0.15) is 6.33 Å². The molecule has 0 atom stereocenters. The van der Waals surface area contributed by atoms with Crippen LogP contribution in [0.4, 0.5) is 5.69 Å². The largest absolute Gasteiger partial charge is 0.326 e. The molecule has 0 radical (unpaired) electrons. The van der Waals surface area contributed by atoms with E-state index in [0.29, 0.717) is 6.42 Å². The van der Waals surface area contributed by atoms with Gasteiger partial charge in [0.2, 0.25) is 5.91 Å². The maximum atomic E-state index is 11.3. The van der Waals surface area contributed by atoms with Gasteiger partial charge < -0.3 is 5.32 Å². The molecule has 2 rings (SSSR count). The van der Waals surface area contributed by atoms with Crippen molar-refractivity contribution in [3.05, 3.63) is 30.1 Å². The van der Waals surface area contributed by atoms with Crippen LogP contribution in [0.5, 0.6) is 0 Å². The molecule has 17 heavy (non-hydrogen) atoms. The molecule has 88 valence electrons. The smallest absolute Gasteiger partial charge is 0.224 e. The van der Waals surface area contributed by atoms with Crippen molar-refractivity contribution in [3.8, 4) is 5.69 Å². The quantitative estimate of drug-likeness (QED) is 0.864. The lowest BCUT2D eigenvalue weighted by molar-refractivity contribution is -0.115. The maximum Gasteiger partial charge on any atom is 0.224 e. The van der Waals surface area contributed by atoms with E-state index in [1.165, 1.54) is 6.33 Å². The average Bonchev–Trinajstić information content (AvgIpc) is 2.85. The number of aromatic nitrogens is 4. The maximum absolute atomic E-state index is 11.3. The molecule has 2 aromatic rings. The van der Waals surface area contributed by atoms with Gasteiger partial charge in [0, 0.05) is 12.1 Å². The van der Waals surface area contributed by atoms with E-state index in [2.05, 4.69) is 20.8 Å². The van der Waals surface area contributed by atoms with Gasteiger partial charge in [-0.3, -0.25) is 4.79 Å². The Morgan fingerprint density at radius 3 is 2.94 bits per heavy atom. The molecule has 0 aliphatic carbocycles. The predicted molar refractivity (Wildman–Crippen MR) is 62.8 cm³/mol. The van der Waals surface area contributed by atoms with E-state index in [0.717, 1.165) is 16.9 Å². The van der Waals surface area contributed by atoms with Crippen molar-refractivity contribution in [2.75, 3.05) is 5.32 Å². The van der Waals surface area contributed by atoms with Crippen LogP contribution in [0.3, 0.4) is 0 Å². The first-order valence-corrected chi connectivity index (χ1v) is 5.34. The lowest BCUT2D eigenvalue weighted by atomic mass is 10.2. The third-order valence-corrected chi connectivity index (χ3v) is 2.41. The fourth-order valence-electron chi connectivity index (χ4n) is 1.46. The second-order valence-electron chi connectivity index (χ2n) is 3.66. The Morgan fingerprint density at radius 2 is 2.29 bits per heavy atom. The van der Waals surface area contributed by atoms with Crippen LogP contribution in [-0.2, 0) is 4.79 Å². The molecule has 1 N–H and O–H groups in total. The van der Waals surface area contributed by atoms with Crippen LogP contribution in [0.25, 0.3) is 5.69 Å². The molecule has 0 spiro atoms. The van der Waals surface area contributed by atoms with Crippen LogP contribution in [0.15, 0.2) is 24.5 Å². The van der Waals surface area contributed by atoms with Crippen LogP contribution in [-0.4, -0.2) is 26.1 Å². The molecule has 0 unspecified atom stereocenters. The number of hydrogen-bond donors (Lipinski definition) is 1. The Labute approximate surface area is 98.6 Å². The molecule has 1 heterocycles. The van der Waals surface area contributed by atoms with Crippen LogP contribution in [0.1, 0.15) is 18.9 Å². The SMILES string of the molecule is CCC(=O)Nc1ccc(C)c(-n2cnnn2)c1. The predicted octanol–water partition coefficient (Wildman–Crippen LogP) is 1.32. The molecule has 0 aliphatic rings. The van der Waals surface area contributed by atoms with Gasteiger partial charge in [-0.25, -0.2) is 4.68 Å². The number of carbonyl (C=O) groups is 1. The standard InChI is InChI=1S/C11H13N5O/c1-3-11(17)13-9-5-4-8(2)10(6-9)16-7-12-14-15-16/h4-7H,3H2,1-2H3,(H,13,17). The van der Waals surface area contributed by atoms with Crippen molar-refractivity contribution < 1.29 is 4.79 Å². The number of rotatable bonds is 3. The molecule has 1 amide bonds. The van der Waals surface area contributed by atoms with E-state index < -0.39 is 0 Å². The number of anilines is 1.